The summed E-state index contributed by atoms with van der Waals surface area (Å²) < 4.78 is 10.4. The maximum absolute atomic E-state index is 12.5. The molecule has 0 spiro atoms. The highest BCUT2D eigenvalue weighted by Crippen LogP contribution is 2.29. The number of amides is 2. The van der Waals surface area contributed by atoms with Gasteiger partial charge in [0.15, 0.2) is 18.1 Å². The van der Waals surface area contributed by atoms with Gasteiger partial charge in [0.05, 0.1) is 19.1 Å². The fourth-order valence-electron chi connectivity index (χ4n) is 2.12. The first-order valence-electron chi connectivity index (χ1n) is 7.72. The van der Waals surface area contributed by atoms with E-state index in [-0.39, 0.29) is 36.0 Å². The van der Waals surface area contributed by atoms with Crippen LogP contribution in [0.15, 0.2) is 18.2 Å². The van der Waals surface area contributed by atoms with Crippen LogP contribution in [0.3, 0.4) is 0 Å². The van der Waals surface area contributed by atoms with Gasteiger partial charge in [-0.25, -0.2) is 0 Å². The molecule has 25 heavy (non-hydrogen) atoms. The van der Waals surface area contributed by atoms with Crippen molar-refractivity contribution in [3.63, 3.8) is 0 Å². The number of methoxy groups -OCH3 is 1. The molecule has 2 amide bonds. The summed E-state index contributed by atoms with van der Waals surface area (Å²) in [6, 6.07) is 4.43. The van der Waals surface area contributed by atoms with Gasteiger partial charge in [-0.3, -0.25) is 14.4 Å². The average Bonchev–Trinajstić information content (AvgIpc) is 2.51. The van der Waals surface area contributed by atoms with Gasteiger partial charge in [0, 0.05) is 5.56 Å². The minimum Gasteiger partial charge on any atom is -0.493 e. The first-order valence-corrected chi connectivity index (χ1v) is 7.72. The topological polar surface area (TPSA) is 128 Å². The highest BCUT2D eigenvalue weighted by molar-refractivity contribution is 5.95. The highest BCUT2D eigenvalue weighted by atomic mass is 16.5. The molecule has 4 N–H and O–H groups in total. The average molecular weight is 352 g/mol. The molecule has 8 heteroatoms. The summed E-state index contributed by atoms with van der Waals surface area (Å²) in [4.78, 5) is 34.4. The van der Waals surface area contributed by atoms with Crippen molar-refractivity contribution in [1.82, 2.24) is 5.32 Å². The van der Waals surface area contributed by atoms with Crippen LogP contribution in [0.25, 0.3) is 0 Å². The number of hydrogen-bond acceptors (Lipinski definition) is 5. The van der Waals surface area contributed by atoms with Gasteiger partial charge in [0.2, 0.25) is 0 Å². The molecular weight excluding hydrogens is 328 g/mol. The Hall–Kier alpha value is -2.77. The van der Waals surface area contributed by atoms with Gasteiger partial charge in [-0.05, 0) is 31.0 Å². The lowest BCUT2D eigenvalue weighted by Gasteiger charge is -2.33. The van der Waals surface area contributed by atoms with E-state index in [2.05, 4.69) is 5.32 Å². The van der Waals surface area contributed by atoms with Crippen LogP contribution in [0.2, 0.25) is 0 Å². The van der Waals surface area contributed by atoms with Crippen molar-refractivity contribution in [2.75, 3.05) is 13.7 Å². The Balaban J connectivity index is 3.01. The number of carboxylic acids is 1. The SMILES string of the molecule is COc1cc(C(=O)NC(C)(CC(=O)O)C(C)C)ccc1OCC(N)=O. The standard InChI is InChI=1S/C17H24N2O6/c1-10(2)17(3,8-15(21)22)19-16(23)11-5-6-12(13(7-11)24-4)25-9-14(18)20/h5-7,10H,8-9H2,1-4H3,(H2,18,20)(H,19,23)(H,21,22). The minimum atomic E-state index is -0.996. The molecule has 138 valence electrons. The van der Waals surface area contributed by atoms with E-state index in [1.54, 1.807) is 6.92 Å². The quantitative estimate of drug-likeness (QED) is 0.612. The molecule has 1 unspecified atom stereocenters. The van der Waals surface area contributed by atoms with Gasteiger partial charge in [0.1, 0.15) is 0 Å². The van der Waals surface area contributed by atoms with Crippen molar-refractivity contribution in [2.24, 2.45) is 11.7 Å². The Bertz CT molecular complexity index is 659. The number of aliphatic carboxylic acids is 1. The number of benzene rings is 1. The van der Waals surface area contributed by atoms with Crippen molar-refractivity contribution >= 4 is 17.8 Å². The van der Waals surface area contributed by atoms with Gasteiger partial charge in [-0.2, -0.15) is 0 Å². The number of rotatable bonds is 9. The van der Waals surface area contributed by atoms with Gasteiger partial charge >= 0.3 is 5.97 Å². The minimum absolute atomic E-state index is 0.0902. The molecule has 0 aliphatic carbocycles. The van der Waals surface area contributed by atoms with E-state index in [0.29, 0.717) is 0 Å². The Labute approximate surface area is 146 Å². The summed E-state index contributed by atoms with van der Waals surface area (Å²) in [5.74, 6) is -1.62. The van der Waals surface area contributed by atoms with E-state index in [9.17, 15) is 14.4 Å². The Morgan fingerprint density at radius 2 is 1.92 bits per heavy atom. The number of carboxylic acid groups (broad SMARTS) is 1. The maximum atomic E-state index is 12.5. The second kappa shape index (κ2) is 8.36. The molecule has 1 aromatic rings. The molecular formula is C17H24N2O6. The van der Waals surface area contributed by atoms with Crippen LogP contribution in [0, 0.1) is 5.92 Å². The molecule has 0 fully saturated rings. The van der Waals surface area contributed by atoms with E-state index in [1.807, 2.05) is 13.8 Å². The molecule has 0 heterocycles. The predicted molar refractivity (Wildman–Crippen MR) is 90.6 cm³/mol. The molecule has 0 aliphatic rings. The first-order chi connectivity index (χ1) is 11.6. The number of carbonyl (C=O) groups is 3. The molecule has 1 rings (SSSR count). The number of ether oxygens (including phenoxy) is 2. The third-order valence-corrected chi connectivity index (χ3v) is 3.99. The zero-order valence-electron chi connectivity index (χ0n) is 14.8. The van der Waals surface area contributed by atoms with Crippen molar-refractivity contribution in [3.05, 3.63) is 23.8 Å². The smallest absolute Gasteiger partial charge is 0.305 e. The van der Waals surface area contributed by atoms with Crippen LogP contribution < -0.4 is 20.5 Å². The van der Waals surface area contributed by atoms with E-state index >= 15 is 0 Å². The molecule has 0 aliphatic heterocycles. The Morgan fingerprint density at radius 3 is 2.40 bits per heavy atom. The van der Waals surface area contributed by atoms with E-state index in [1.165, 1.54) is 25.3 Å². The molecule has 0 aromatic heterocycles. The molecule has 1 aromatic carbocycles. The Kier molecular flexibility index (Phi) is 6.78. The summed E-state index contributed by atoms with van der Waals surface area (Å²) in [7, 11) is 1.40. The number of nitrogens with one attached hydrogen (secondary N) is 1. The van der Waals surface area contributed by atoms with Crippen LogP contribution in [0.4, 0.5) is 0 Å². The number of primary amides is 1. The van der Waals surface area contributed by atoms with Gasteiger partial charge in [0.25, 0.3) is 11.8 Å². The molecule has 1 atom stereocenters. The van der Waals surface area contributed by atoms with E-state index < -0.39 is 23.3 Å². The predicted octanol–water partition coefficient (Wildman–Crippen LogP) is 1.18. The van der Waals surface area contributed by atoms with Crippen molar-refractivity contribution in [3.8, 4) is 11.5 Å². The largest absolute Gasteiger partial charge is 0.493 e. The van der Waals surface area contributed by atoms with E-state index in [4.69, 9.17) is 20.3 Å². The van der Waals surface area contributed by atoms with Crippen LogP contribution >= 0.6 is 0 Å². The number of carbonyl (C=O) groups excluding carboxylic acids is 2. The van der Waals surface area contributed by atoms with Gasteiger partial charge in [-0.15, -0.1) is 0 Å². The van der Waals surface area contributed by atoms with Crippen molar-refractivity contribution in [2.45, 2.75) is 32.7 Å². The second-order valence-corrected chi connectivity index (χ2v) is 6.22. The van der Waals surface area contributed by atoms with Crippen LogP contribution in [0.1, 0.15) is 37.6 Å². The summed E-state index contributed by atoms with van der Waals surface area (Å²) in [5.41, 5.74) is 4.40. The molecule has 0 bridgehead atoms. The zero-order chi connectivity index (χ0) is 19.2. The lowest BCUT2D eigenvalue weighted by Crippen LogP contribution is -2.51. The zero-order valence-corrected chi connectivity index (χ0v) is 14.8. The molecule has 8 nitrogen and oxygen atoms in total. The molecule has 0 radical (unpaired) electrons. The second-order valence-electron chi connectivity index (χ2n) is 6.22. The van der Waals surface area contributed by atoms with Crippen LogP contribution in [0.5, 0.6) is 11.5 Å². The third-order valence-electron chi connectivity index (χ3n) is 3.99. The molecule has 0 saturated heterocycles. The maximum Gasteiger partial charge on any atom is 0.305 e. The van der Waals surface area contributed by atoms with Crippen molar-refractivity contribution in [1.29, 1.82) is 0 Å². The number of nitrogens with two attached hydrogens (primary N) is 1. The summed E-state index contributed by atoms with van der Waals surface area (Å²) in [5, 5.41) is 11.8. The monoisotopic (exact) mass is 352 g/mol. The Morgan fingerprint density at radius 1 is 1.28 bits per heavy atom. The summed E-state index contributed by atoms with van der Waals surface area (Å²) >= 11 is 0. The summed E-state index contributed by atoms with van der Waals surface area (Å²) in [6.07, 6.45) is -0.201. The fraction of sp³-hybridized carbons (Fsp3) is 0.471. The van der Waals surface area contributed by atoms with Gasteiger partial charge in [-0.1, -0.05) is 13.8 Å². The van der Waals surface area contributed by atoms with Gasteiger partial charge < -0.3 is 25.6 Å². The van der Waals surface area contributed by atoms with Crippen molar-refractivity contribution < 1.29 is 29.0 Å². The lowest BCUT2D eigenvalue weighted by molar-refractivity contribution is -0.139. The number of hydrogen-bond donors (Lipinski definition) is 3. The highest BCUT2D eigenvalue weighted by Gasteiger charge is 2.33. The van der Waals surface area contributed by atoms with E-state index in [0.717, 1.165) is 0 Å². The lowest BCUT2D eigenvalue weighted by atomic mass is 9.85. The fourth-order valence-corrected chi connectivity index (χ4v) is 2.12. The molecule has 0 saturated carbocycles. The summed E-state index contributed by atoms with van der Waals surface area (Å²) in [6.45, 7) is 5.05. The normalized spacial score (nSPS) is 13.0. The first kappa shape index (κ1) is 20.3. The van der Waals surface area contributed by atoms with Crippen LogP contribution in [-0.2, 0) is 9.59 Å². The van der Waals surface area contributed by atoms with Crippen LogP contribution in [-0.4, -0.2) is 42.1 Å². The third kappa shape index (κ3) is 5.66.